The quantitative estimate of drug-likeness (QED) is 0.858. The van der Waals surface area contributed by atoms with Crippen molar-refractivity contribution in [1.82, 2.24) is 4.90 Å². The number of ether oxygens (including phenoxy) is 2. The fourth-order valence-electron chi connectivity index (χ4n) is 5.16. The molecular formula is C18H21NO3. The molecule has 2 bridgehead atoms. The Hall–Kier alpha value is -1.55. The third-order valence-electron chi connectivity index (χ3n) is 6.34. The van der Waals surface area contributed by atoms with E-state index in [-0.39, 0.29) is 12.0 Å². The molecule has 3 heterocycles. The van der Waals surface area contributed by atoms with Gasteiger partial charge < -0.3 is 14.4 Å². The van der Waals surface area contributed by atoms with Gasteiger partial charge in [-0.2, -0.15) is 0 Å². The molecule has 4 nitrogen and oxygen atoms in total. The van der Waals surface area contributed by atoms with Crippen molar-refractivity contribution in [3.05, 3.63) is 29.8 Å². The fraction of sp³-hybridized carbons (Fsp3) is 0.611. The topological polar surface area (TPSA) is 38.8 Å². The number of fused-ring (bicyclic) bond motifs is 8. The Labute approximate surface area is 130 Å². The highest BCUT2D eigenvalue weighted by molar-refractivity contribution is 5.83. The van der Waals surface area contributed by atoms with Gasteiger partial charge >= 0.3 is 0 Å². The second-order valence-corrected chi connectivity index (χ2v) is 7.23. The predicted octanol–water partition coefficient (Wildman–Crippen LogP) is 2.08. The summed E-state index contributed by atoms with van der Waals surface area (Å²) in [6.45, 7) is 1.59. The number of likely N-dealkylation sites (tertiary alicyclic amines) is 1. The highest BCUT2D eigenvalue weighted by Crippen LogP contribution is 2.60. The molecule has 0 spiro atoms. The lowest BCUT2D eigenvalue weighted by atomic mass is 9.60. The minimum absolute atomic E-state index is 0.143. The molecule has 1 aliphatic carbocycles. The maximum Gasteiger partial charge on any atom is 0.229 e. The van der Waals surface area contributed by atoms with E-state index in [1.807, 2.05) is 17.0 Å². The van der Waals surface area contributed by atoms with Gasteiger partial charge in [0.2, 0.25) is 5.91 Å². The molecule has 5 rings (SSSR count). The number of hydrogen-bond acceptors (Lipinski definition) is 3. The number of carbonyl (C=O) groups is 1. The van der Waals surface area contributed by atoms with Crippen LogP contribution in [0.15, 0.2) is 24.3 Å². The molecule has 1 aromatic carbocycles. The molecule has 116 valence electrons. The van der Waals surface area contributed by atoms with Crippen molar-refractivity contribution < 1.29 is 14.3 Å². The molecule has 4 aliphatic rings. The number of methoxy groups -OCH3 is 1. The molecule has 0 aromatic heterocycles. The highest BCUT2D eigenvalue weighted by atomic mass is 16.5. The Kier molecular flexibility index (Phi) is 2.63. The minimum atomic E-state index is 0.143. The van der Waals surface area contributed by atoms with Crippen molar-refractivity contribution in [2.75, 3.05) is 13.7 Å². The van der Waals surface area contributed by atoms with E-state index in [0.717, 1.165) is 18.2 Å². The molecule has 3 aliphatic heterocycles. The van der Waals surface area contributed by atoms with Crippen LogP contribution in [0, 0.1) is 23.7 Å². The van der Waals surface area contributed by atoms with Gasteiger partial charge in [-0.25, -0.2) is 0 Å². The van der Waals surface area contributed by atoms with Gasteiger partial charge in [0.1, 0.15) is 5.75 Å². The van der Waals surface area contributed by atoms with Gasteiger partial charge in [0, 0.05) is 19.0 Å². The van der Waals surface area contributed by atoms with Crippen LogP contribution in [-0.2, 0) is 16.1 Å². The lowest BCUT2D eigenvalue weighted by Crippen LogP contribution is -2.45. The van der Waals surface area contributed by atoms with Gasteiger partial charge in [0.25, 0.3) is 0 Å². The smallest absolute Gasteiger partial charge is 0.229 e. The summed E-state index contributed by atoms with van der Waals surface area (Å²) in [5.41, 5.74) is 1.17. The lowest BCUT2D eigenvalue weighted by molar-refractivity contribution is -0.134. The summed E-state index contributed by atoms with van der Waals surface area (Å²) < 4.78 is 11.4. The summed E-state index contributed by atoms with van der Waals surface area (Å²) in [4.78, 5) is 14.8. The number of benzene rings is 1. The van der Waals surface area contributed by atoms with Gasteiger partial charge in [-0.15, -0.1) is 0 Å². The van der Waals surface area contributed by atoms with Crippen LogP contribution in [-0.4, -0.2) is 36.7 Å². The Morgan fingerprint density at radius 1 is 1.14 bits per heavy atom. The Bertz CT molecular complexity index is 613. The number of rotatable bonds is 3. The Morgan fingerprint density at radius 3 is 2.55 bits per heavy atom. The molecule has 4 fully saturated rings. The number of carbonyl (C=O) groups excluding carboxylic acids is 1. The first-order valence-corrected chi connectivity index (χ1v) is 8.33. The van der Waals surface area contributed by atoms with E-state index in [1.54, 1.807) is 7.11 Å². The molecule has 22 heavy (non-hydrogen) atoms. The van der Waals surface area contributed by atoms with Crippen molar-refractivity contribution >= 4 is 5.91 Å². The molecule has 6 atom stereocenters. The van der Waals surface area contributed by atoms with Crippen LogP contribution in [0.2, 0.25) is 0 Å². The van der Waals surface area contributed by atoms with Gasteiger partial charge in [-0.1, -0.05) is 12.1 Å². The molecule has 1 amide bonds. The number of hydrogen-bond donors (Lipinski definition) is 0. The van der Waals surface area contributed by atoms with E-state index < -0.39 is 0 Å². The normalized spacial score (nSPS) is 41.3. The standard InChI is InChI=1S/C18H21NO3/c1-21-11-4-2-10(3-5-11)8-19-9-14-15(18(19)20)17-13-7-6-12(13)16(14)22-17/h2-5,12-17H,6-9H2,1H3/t12-,13+,14-,15+,16+,17-/m0/s1. The van der Waals surface area contributed by atoms with E-state index in [4.69, 9.17) is 9.47 Å². The van der Waals surface area contributed by atoms with Gasteiger partial charge in [-0.3, -0.25) is 4.79 Å². The molecule has 1 aromatic rings. The van der Waals surface area contributed by atoms with Crippen molar-refractivity contribution in [1.29, 1.82) is 0 Å². The van der Waals surface area contributed by atoms with Crippen molar-refractivity contribution in [2.24, 2.45) is 23.7 Å². The molecule has 4 heteroatoms. The predicted molar refractivity (Wildman–Crippen MR) is 80.3 cm³/mol. The first kappa shape index (κ1) is 12.9. The first-order chi connectivity index (χ1) is 10.8. The zero-order valence-corrected chi connectivity index (χ0v) is 12.8. The van der Waals surface area contributed by atoms with Crippen molar-refractivity contribution in [3.8, 4) is 5.75 Å². The van der Waals surface area contributed by atoms with Crippen LogP contribution in [0.3, 0.4) is 0 Å². The first-order valence-electron chi connectivity index (χ1n) is 8.33. The monoisotopic (exact) mass is 299 g/mol. The van der Waals surface area contributed by atoms with E-state index >= 15 is 0 Å². The molecule has 0 radical (unpaired) electrons. The van der Waals surface area contributed by atoms with Crippen LogP contribution in [0.1, 0.15) is 18.4 Å². The summed E-state index contributed by atoms with van der Waals surface area (Å²) >= 11 is 0. The fourth-order valence-corrected chi connectivity index (χ4v) is 5.16. The van der Waals surface area contributed by atoms with E-state index in [9.17, 15) is 4.79 Å². The summed E-state index contributed by atoms with van der Waals surface area (Å²) in [7, 11) is 1.67. The average molecular weight is 299 g/mol. The van der Waals surface area contributed by atoms with E-state index in [0.29, 0.717) is 30.4 Å². The van der Waals surface area contributed by atoms with Crippen LogP contribution in [0.25, 0.3) is 0 Å². The summed E-state index contributed by atoms with van der Waals surface area (Å²) in [5.74, 6) is 3.19. The van der Waals surface area contributed by atoms with E-state index in [1.165, 1.54) is 18.4 Å². The van der Waals surface area contributed by atoms with Crippen LogP contribution < -0.4 is 4.74 Å². The third kappa shape index (κ3) is 1.59. The molecular weight excluding hydrogens is 278 g/mol. The Morgan fingerprint density at radius 2 is 1.86 bits per heavy atom. The summed E-state index contributed by atoms with van der Waals surface area (Å²) in [6.07, 6.45) is 3.16. The lowest BCUT2D eigenvalue weighted by Gasteiger charge is -2.40. The second-order valence-electron chi connectivity index (χ2n) is 7.23. The van der Waals surface area contributed by atoms with Crippen LogP contribution >= 0.6 is 0 Å². The molecule has 1 saturated carbocycles. The number of amides is 1. The summed E-state index contributed by atoms with van der Waals surface area (Å²) in [5, 5.41) is 0. The zero-order chi connectivity index (χ0) is 14.8. The summed E-state index contributed by atoms with van der Waals surface area (Å²) in [6, 6.07) is 8.03. The highest BCUT2D eigenvalue weighted by Gasteiger charge is 2.67. The van der Waals surface area contributed by atoms with Crippen molar-refractivity contribution in [2.45, 2.75) is 31.6 Å². The molecule has 3 saturated heterocycles. The third-order valence-corrected chi connectivity index (χ3v) is 6.34. The van der Waals surface area contributed by atoms with Gasteiger partial charge in [0.05, 0.1) is 25.2 Å². The van der Waals surface area contributed by atoms with E-state index in [2.05, 4.69) is 12.1 Å². The second kappa shape index (κ2) is 4.48. The number of nitrogens with zero attached hydrogens (tertiary/aromatic N) is 1. The SMILES string of the molecule is COc1ccc(CN2C[C@@H]3[C@@H]4O[C@@H]([C@@H]5CC[C@@H]54)[C@@H]3C2=O)cc1. The van der Waals surface area contributed by atoms with Gasteiger partial charge in [-0.05, 0) is 42.4 Å². The maximum atomic E-state index is 12.8. The van der Waals surface area contributed by atoms with Crippen LogP contribution in [0.5, 0.6) is 5.75 Å². The zero-order valence-electron chi connectivity index (χ0n) is 12.8. The molecule has 0 N–H and O–H groups in total. The maximum absolute atomic E-state index is 12.8. The Balaban J connectivity index is 1.34. The average Bonchev–Trinajstić information content (AvgIpc) is 3.07. The largest absolute Gasteiger partial charge is 0.497 e. The van der Waals surface area contributed by atoms with Crippen LogP contribution in [0.4, 0.5) is 0 Å². The molecule has 0 unspecified atom stereocenters. The van der Waals surface area contributed by atoms with Gasteiger partial charge in [0.15, 0.2) is 0 Å². The van der Waals surface area contributed by atoms with Crippen molar-refractivity contribution in [3.63, 3.8) is 0 Å². The minimum Gasteiger partial charge on any atom is -0.497 e.